The first kappa shape index (κ1) is 9.51. The first-order valence-electron chi connectivity index (χ1n) is 5.32. The van der Waals surface area contributed by atoms with E-state index in [4.69, 9.17) is 14.6 Å². The van der Waals surface area contributed by atoms with E-state index in [1.54, 1.807) is 0 Å². The lowest BCUT2D eigenvalue weighted by molar-refractivity contribution is -0.137. The van der Waals surface area contributed by atoms with E-state index in [0.717, 1.165) is 29.9 Å². The van der Waals surface area contributed by atoms with Crippen molar-refractivity contribution in [2.45, 2.75) is 24.7 Å². The largest absolute Gasteiger partial charge is 0.481 e. The molecule has 0 atom stereocenters. The third-order valence-corrected chi connectivity index (χ3v) is 3.31. The molecule has 0 unspecified atom stereocenters. The van der Waals surface area contributed by atoms with Crippen molar-refractivity contribution >= 4 is 5.97 Å². The molecule has 0 bridgehead atoms. The number of fused-ring (bicyclic) bond motifs is 1. The van der Waals surface area contributed by atoms with Gasteiger partial charge in [-0.05, 0) is 18.9 Å². The highest BCUT2D eigenvalue weighted by Gasteiger charge is 2.48. The molecule has 1 aromatic rings. The van der Waals surface area contributed by atoms with Crippen molar-refractivity contribution < 1.29 is 19.4 Å². The van der Waals surface area contributed by atoms with Gasteiger partial charge in [-0.3, -0.25) is 4.79 Å². The van der Waals surface area contributed by atoms with Crippen LogP contribution in [0.2, 0.25) is 0 Å². The highest BCUT2D eigenvalue weighted by Crippen LogP contribution is 2.56. The van der Waals surface area contributed by atoms with Crippen LogP contribution >= 0.6 is 0 Å². The van der Waals surface area contributed by atoms with Crippen LogP contribution in [0.4, 0.5) is 0 Å². The minimum atomic E-state index is -0.756. The fourth-order valence-electron chi connectivity index (χ4n) is 2.33. The second kappa shape index (κ2) is 3.14. The third kappa shape index (κ3) is 1.33. The lowest BCUT2D eigenvalue weighted by Gasteiger charge is -2.15. The number of para-hydroxylation sites is 1. The Labute approximate surface area is 92.8 Å². The van der Waals surface area contributed by atoms with Crippen LogP contribution in [0, 0.1) is 0 Å². The molecule has 0 radical (unpaired) electrons. The van der Waals surface area contributed by atoms with E-state index in [1.807, 2.05) is 18.2 Å². The lowest BCUT2D eigenvalue weighted by Crippen LogP contribution is -2.13. The predicted octanol–water partition coefficient (Wildman–Crippen LogP) is 1.92. The summed E-state index contributed by atoms with van der Waals surface area (Å²) in [5.74, 6) is 0.712. The van der Waals surface area contributed by atoms with Crippen LogP contribution in [-0.2, 0) is 10.2 Å². The van der Waals surface area contributed by atoms with Crippen molar-refractivity contribution in [2.75, 3.05) is 6.79 Å². The monoisotopic (exact) mass is 220 g/mol. The Kier molecular flexibility index (Phi) is 1.87. The van der Waals surface area contributed by atoms with E-state index in [2.05, 4.69) is 0 Å². The van der Waals surface area contributed by atoms with Gasteiger partial charge in [0.2, 0.25) is 6.79 Å². The second-order valence-corrected chi connectivity index (χ2v) is 4.39. The molecule has 1 aromatic carbocycles. The van der Waals surface area contributed by atoms with E-state index in [-0.39, 0.29) is 18.6 Å². The van der Waals surface area contributed by atoms with Crippen LogP contribution < -0.4 is 9.47 Å². The van der Waals surface area contributed by atoms with Gasteiger partial charge in [0.25, 0.3) is 0 Å². The molecule has 1 N–H and O–H groups in total. The van der Waals surface area contributed by atoms with Crippen molar-refractivity contribution in [3.05, 3.63) is 23.8 Å². The smallest absolute Gasteiger partial charge is 0.304 e. The minimum absolute atomic E-state index is 0.173. The van der Waals surface area contributed by atoms with Crippen molar-refractivity contribution in [3.8, 4) is 11.5 Å². The number of hydrogen-bond acceptors (Lipinski definition) is 3. The summed E-state index contributed by atoms with van der Waals surface area (Å²) in [6, 6.07) is 5.69. The van der Waals surface area contributed by atoms with Crippen LogP contribution in [-0.4, -0.2) is 17.9 Å². The molecular weight excluding hydrogens is 208 g/mol. The Bertz CT molecular complexity index is 448. The number of benzene rings is 1. The molecule has 4 heteroatoms. The third-order valence-electron chi connectivity index (χ3n) is 3.31. The van der Waals surface area contributed by atoms with Crippen molar-refractivity contribution in [1.29, 1.82) is 0 Å². The maximum atomic E-state index is 10.9. The maximum Gasteiger partial charge on any atom is 0.304 e. The molecule has 0 amide bonds. The predicted molar refractivity (Wildman–Crippen MR) is 55.7 cm³/mol. The summed E-state index contributed by atoms with van der Waals surface area (Å²) in [6.07, 6.45) is 2.00. The maximum absolute atomic E-state index is 10.9. The summed E-state index contributed by atoms with van der Waals surface area (Å²) >= 11 is 0. The molecular formula is C12H12O4. The van der Waals surface area contributed by atoms with Gasteiger partial charge in [-0.2, -0.15) is 0 Å². The average molecular weight is 220 g/mol. The summed E-state index contributed by atoms with van der Waals surface area (Å²) < 4.78 is 10.7. The molecule has 2 aliphatic rings. The Morgan fingerprint density at radius 1 is 1.38 bits per heavy atom. The molecule has 0 spiro atoms. The number of hydrogen-bond donors (Lipinski definition) is 1. The fraction of sp³-hybridized carbons (Fsp3) is 0.417. The van der Waals surface area contributed by atoms with Gasteiger partial charge >= 0.3 is 5.97 Å². The molecule has 1 heterocycles. The summed E-state index contributed by atoms with van der Waals surface area (Å²) in [5.41, 5.74) is 0.773. The zero-order valence-electron chi connectivity index (χ0n) is 8.73. The number of rotatable bonds is 3. The van der Waals surface area contributed by atoms with Crippen molar-refractivity contribution in [1.82, 2.24) is 0 Å². The Morgan fingerprint density at radius 3 is 2.88 bits per heavy atom. The van der Waals surface area contributed by atoms with Gasteiger partial charge in [0.05, 0.1) is 6.42 Å². The van der Waals surface area contributed by atoms with Gasteiger partial charge in [0.15, 0.2) is 11.5 Å². The van der Waals surface area contributed by atoms with E-state index in [1.165, 1.54) is 0 Å². The molecule has 1 saturated carbocycles. The molecule has 84 valence electrons. The first-order valence-corrected chi connectivity index (χ1v) is 5.32. The van der Waals surface area contributed by atoms with E-state index >= 15 is 0 Å². The summed E-state index contributed by atoms with van der Waals surface area (Å²) in [7, 11) is 0. The highest BCUT2D eigenvalue weighted by atomic mass is 16.7. The molecule has 1 fully saturated rings. The zero-order chi connectivity index (χ0) is 11.2. The summed E-state index contributed by atoms with van der Waals surface area (Å²) in [4.78, 5) is 10.9. The summed E-state index contributed by atoms with van der Waals surface area (Å²) in [5, 5.41) is 8.93. The molecule has 0 aromatic heterocycles. The second-order valence-electron chi connectivity index (χ2n) is 4.39. The van der Waals surface area contributed by atoms with Crippen molar-refractivity contribution in [2.24, 2.45) is 0 Å². The van der Waals surface area contributed by atoms with Crippen LogP contribution in [0.1, 0.15) is 24.8 Å². The molecule has 1 aliphatic heterocycles. The summed E-state index contributed by atoms with van der Waals surface area (Å²) in [6.45, 7) is 0.232. The molecule has 1 aliphatic carbocycles. The standard InChI is InChI=1S/C12H12O4/c13-10(14)6-12(4-5-12)8-2-1-3-9-11(8)16-7-15-9/h1-3H,4-7H2,(H,13,14). The van der Waals surface area contributed by atoms with Crippen LogP contribution in [0.25, 0.3) is 0 Å². The Morgan fingerprint density at radius 2 is 2.19 bits per heavy atom. The Hall–Kier alpha value is -1.71. The molecule has 0 saturated heterocycles. The Balaban J connectivity index is 2.01. The normalized spacial score (nSPS) is 19.5. The number of aliphatic carboxylic acids is 1. The molecule has 3 rings (SSSR count). The zero-order valence-corrected chi connectivity index (χ0v) is 8.73. The number of carboxylic acids is 1. The topological polar surface area (TPSA) is 55.8 Å². The molecule has 16 heavy (non-hydrogen) atoms. The highest BCUT2D eigenvalue weighted by molar-refractivity contribution is 5.71. The first-order chi connectivity index (χ1) is 7.71. The van der Waals surface area contributed by atoms with Gasteiger partial charge in [0, 0.05) is 11.0 Å². The lowest BCUT2D eigenvalue weighted by atomic mass is 9.91. The number of carbonyl (C=O) groups is 1. The van der Waals surface area contributed by atoms with E-state index in [0.29, 0.717) is 0 Å². The van der Waals surface area contributed by atoms with Crippen LogP contribution in [0.3, 0.4) is 0 Å². The number of ether oxygens (including phenoxy) is 2. The van der Waals surface area contributed by atoms with Gasteiger partial charge in [-0.15, -0.1) is 0 Å². The number of carboxylic acid groups (broad SMARTS) is 1. The quantitative estimate of drug-likeness (QED) is 0.845. The van der Waals surface area contributed by atoms with E-state index < -0.39 is 5.97 Å². The SMILES string of the molecule is O=C(O)CC1(c2cccc3c2OCO3)CC1. The van der Waals surface area contributed by atoms with Gasteiger partial charge in [-0.25, -0.2) is 0 Å². The van der Waals surface area contributed by atoms with Gasteiger partial charge in [-0.1, -0.05) is 12.1 Å². The van der Waals surface area contributed by atoms with Gasteiger partial charge in [0.1, 0.15) is 0 Å². The molecule has 4 nitrogen and oxygen atoms in total. The van der Waals surface area contributed by atoms with Gasteiger partial charge < -0.3 is 14.6 Å². The minimum Gasteiger partial charge on any atom is -0.481 e. The van der Waals surface area contributed by atoms with Crippen LogP contribution in [0.15, 0.2) is 18.2 Å². The van der Waals surface area contributed by atoms with E-state index in [9.17, 15) is 4.79 Å². The fourth-order valence-corrected chi connectivity index (χ4v) is 2.33. The van der Waals surface area contributed by atoms with Crippen molar-refractivity contribution in [3.63, 3.8) is 0 Å². The average Bonchev–Trinajstić information content (AvgIpc) is 2.85. The van der Waals surface area contributed by atoms with Crippen LogP contribution in [0.5, 0.6) is 11.5 Å².